The van der Waals surface area contributed by atoms with E-state index in [1.165, 1.54) is 55.0 Å². The maximum absolute atomic E-state index is 14.8. The van der Waals surface area contributed by atoms with Crippen molar-refractivity contribution >= 4 is 106 Å². The maximum atomic E-state index is 14.8. The highest BCUT2D eigenvalue weighted by Crippen LogP contribution is 2.26. The van der Waals surface area contributed by atoms with Gasteiger partial charge >= 0.3 is 5.97 Å². The third kappa shape index (κ3) is 28.4. The number of likely N-dealkylation sites (tertiary alicyclic amines) is 1. The van der Waals surface area contributed by atoms with Crippen LogP contribution >= 0.6 is 35.1 Å². The Labute approximate surface area is 653 Å². The maximum Gasteiger partial charge on any atom is 0.305 e. The minimum absolute atomic E-state index is 0.0305. The fraction of sp³-hybridized carbons (Fsp3) is 0.520. The predicted octanol–water partition coefficient (Wildman–Crippen LogP) is 1.05. The number of H-pyrrole nitrogens is 2. The smallest absolute Gasteiger partial charge is 0.305 e. The molecule has 6 rings (SSSR count). The van der Waals surface area contributed by atoms with Crippen molar-refractivity contribution in [3.05, 3.63) is 137 Å². The summed E-state index contributed by atoms with van der Waals surface area (Å²) in [6, 6.07) is 5.69. The number of halogens is 1. The Bertz CT molecular complexity index is 3860. The summed E-state index contributed by atoms with van der Waals surface area (Å²) < 4.78 is 0. The van der Waals surface area contributed by atoms with E-state index >= 15 is 0 Å². The molecule has 13 atom stereocenters. The molecule has 0 saturated carbocycles. The number of aromatic nitrogens is 4. The number of phenolic OH excluding ortho intramolecular Hbond substituents is 1. The minimum atomic E-state index is -1.97. The molecule has 0 aliphatic carbocycles. The number of carboxylic acid groups (broad SMARTS) is 1. The highest BCUT2D eigenvalue weighted by molar-refractivity contribution is 7.98. The summed E-state index contributed by atoms with van der Waals surface area (Å²) in [5, 5.41) is 64.8. The first-order valence-electron chi connectivity index (χ1n) is 36.5. The van der Waals surface area contributed by atoms with E-state index in [-0.39, 0.29) is 84.7 Å². The van der Waals surface area contributed by atoms with Gasteiger partial charge < -0.3 is 94.0 Å². The van der Waals surface area contributed by atoms with Gasteiger partial charge in [-0.05, 0) is 98.0 Å². The van der Waals surface area contributed by atoms with Crippen LogP contribution in [-0.4, -0.2) is 228 Å². The molecular formula is C75H106ClN17O15S2. The first-order chi connectivity index (χ1) is 52.4. The number of β-amino-alcohol motifs (C(OH)–C–C–N with tert-alkyl or cyclic N) is 1. The fourth-order valence-corrected chi connectivity index (χ4v) is 13.7. The molecule has 11 amide bonds. The van der Waals surface area contributed by atoms with Crippen LogP contribution in [0.1, 0.15) is 107 Å². The fourth-order valence-electron chi connectivity index (χ4n) is 12.3. The number of carbonyl (C=O) groups excluding carboxylic acids is 11. The number of nitrogens with zero attached hydrogens (tertiary/aromatic N) is 3. The van der Waals surface area contributed by atoms with Crippen LogP contribution < -0.4 is 63.8 Å². The number of nitrogens with one attached hydrogen (secondary N) is 14. The number of aliphatic hydroxyl groups excluding tert-OH is 1. The molecule has 3 aromatic carbocycles. The highest BCUT2D eigenvalue weighted by atomic mass is 35.5. The first-order valence-corrected chi connectivity index (χ1v) is 39.7. The van der Waals surface area contributed by atoms with Crippen LogP contribution in [0, 0.1) is 17.8 Å². The quantitative estimate of drug-likeness (QED) is 0.0259. The zero-order valence-electron chi connectivity index (χ0n) is 63.6. The summed E-state index contributed by atoms with van der Waals surface area (Å²) in [6.07, 6.45) is 6.49. The van der Waals surface area contributed by atoms with Gasteiger partial charge in [0.05, 0.1) is 41.9 Å². The number of carboxylic acids is 1. The number of amides is 11. The molecule has 1 unspecified atom stereocenters. The highest BCUT2D eigenvalue weighted by Gasteiger charge is 2.44. The molecule has 32 nitrogen and oxygen atoms in total. The first kappa shape index (κ1) is 89.3. The molecule has 3 heterocycles. The average molecular weight is 1590 g/mol. The Kier molecular flexibility index (Phi) is 36.4. The summed E-state index contributed by atoms with van der Waals surface area (Å²) in [7, 11) is 3.45. The van der Waals surface area contributed by atoms with Crippen LogP contribution in [0.15, 0.2) is 97.8 Å². The molecule has 110 heavy (non-hydrogen) atoms. The van der Waals surface area contributed by atoms with Crippen molar-refractivity contribution < 1.29 is 72.9 Å². The topological polar surface area (TPSA) is 470 Å². The van der Waals surface area contributed by atoms with E-state index < -0.39 is 169 Å². The SMILES string of the molecule is CCC(C)[C@H](NC(=O)[C@H](Cc1c[nH]cn1)NC(=O)[C@H](CSC)NC(=O)[C@H](CC(C)C)NC(=O)[C@H](CC(=O)O)NC(=O)[C@H](Cc1ccc(O)c(Cl)c1)NC(=O)[C@@H]1C[C@@H](O)CN1C(=O)[C@H](CSC)NC(=O)[C@H](Cc1cnc[nH]1)NC(=O)[C@H](Cc1ccccc1)NC)C(=O)N[C@@H](CC(C)C)C(=O)NCc1ccc(CNC)cc1. The van der Waals surface area contributed by atoms with Gasteiger partial charge in [-0.15, -0.1) is 0 Å². The Hall–Kier alpha value is -9.61. The van der Waals surface area contributed by atoms with Crippen LogP contribution in [0.25, 0.3) is 0 Å². The molecule has 600 valence electrons. The second-order valence-electron chi connectivity index (χ2n) is 28.2. The van der Waals surface area contributed by atoms with E-state index in [1.54, 1.807) is 40.3 Å². The second-order valence-corrected chi connectivity index (χ2v) is 30.4. The van der Waals surface area contributed by atoms with Gasteiger partial charge in [-0.2, -0.15) is 23.5 Å². The lowest BCUT2D eigenvalue weighted by atomic mass is 9.96. The van der Waals surface area contributed by atoms with Crippen LogP contribution in [-0.2, 0) is 96.3 Å². The second kappa shape index (κ2) is 44.9. The van der Waals surface area contributed by atoms with Crippen molar-refractivity contribution in [1.82, 2.24) is 88.6 Å². The number of imidazole rings is 2. The standard InChI is InChI=1S/C75H106ClN17O15S2/c1-11-43(6)64(74(107)89-53(23-41(2)3)65(98)81-33-46-19-17-45(18-20-46)32-77-7)92-71(104)57(29-49-35-80-40-83-49)86-72(105)59(37-109-9)90-67(100)54(24-42(4)5)84-70(103)58(31-63(96)97)87-68(101)55(27-47-21-22-62(95)51(76)25-47)88-73(106)61-30-50(94)36-93(61)75(108)60(38-110-10)91-69(102)56(28-48-34-79-39-82-48)85-66(99)52(78-8)26-44-15-13-12-14-16-44/h12-22,25,34-35,39-43,50,52-61,64,77-78,94-95H,11,23-24,26-33,36-38H2,1-10H3,(H,79,82)(H,80,83)(H,81,98)(H,84,103)(H,85,99)(H,86,105)(H,87,101)(H,88,106)(H,89,107)(H,90,100)(H,91,102)(H,92,104)(H,96,97)/t43?,50-,52+,53+,54+,55+,56+,57+,58+,59+,60+,61+,64+/m1/s1. The summed E-state index contributed by atoms with van der Waals surface area (Å²) in [5.74, 6) is -12.0. The van der Waals surface area contributed by atoms with Gasteiger partial charge in [0.15, 0.2) is 0 Å². The number of aliphatic hydroxyl groups is 1. The molecule has 2 aromatic heterocycles. The van der Waals surface area contributed by atoms with Crippen molar-refractivity contribution in [2.24, 2.45) is 17.8 Å². The van der Waals surface area contributed by atoms with Gasteiger partial charge in [-0.25, -0.2) is 9.97 Å². The van der Waals surface area contributed by atoms with Gasteiger partial charge in [0.1, 0.15) is 66.2 Å². The number of benzene rings is 3. The number of thioether (sulfide) groups is 2. The number of aliphatic carboxylic acids is 1. The van der Waals surface area contributed by atoms with Gasteiger partial charge in [0.25, 0.3) is 0 Å². The monoisotopic (exact) mass is 1580 g/mol. The Morgan fingerprint density at radius 3 is 1.67 bits per heavy atom. The molecule has 1 aliphatic rings. The normalized spacial score (nSPS) is 16.4. The molecule has 0 spiro atoms. The number of hydrogen-bond acceptors (Lipinski definition) is 20. The van der Waals surface area contributed by atoms with E-state index in [4.69, 9.17) is 11.6 Å². The molecule has 0 radical (unpaired) electrons. The molecule has 1 fully saturated rings. The van der Waals surface area contributed by atoms with Gasteiger partial charge in [-0.3, -0.25) is 57.5 Å². The number of likely N-dealkylation sites (N-methyl/N-ethyl adjacent to an activating group) is 1. The Morgan fingerprint density at radius 1 is 0.582 bits per heavy atom. The molecule has 0 bridgehead atoms. The van der Waals surface area contributed by atoms with Crippen LogP contribution in [0.4, 0.5) is 0 Å². The number of carbonyl (C=O) groups is 12. The van der Waals surface area contributed by atoms with Crippen molar-refractivity contribution in [2.75, 3.05) is 44.7 Å². The number of aromatic amines is 2. The molecular weight excluding hydrogens is 1480 g/mol. The lowest BCUT2D eigenvalue weighted by Gasteiger charge is -2.31. The van der Waals surface area contributed by atoms with E-state index in [9.17, 15) is 72.9 Å². The predicted molar refractivity (Wildman–Crippen MR) is 416 cm³/mol. The van der Waals surface area contributed by atoms with Crippen molar-refractivity contribution in [1.29, 1.82) is 0 Å². The summed E-state index contributed by atoms with van der Waals surface area (Å²) >= 11 is 8.63. The minimum Gasteiger partial charge on any atom is -0.506 e. The summed E-state index contributed by atoms with van der Waals surface area (Å²) in [5.41, 5.74) is 3.82. The van der Waals surface area contributed by atoms with E-state index in [0.29, 0.717) is 24.4 Å². The number of hydrogen-bond donors (Lipinski definition) is 17. The number of aromatic hydroxyl groups is 1. The average Bonchev–Trinajstić information content (AvgIpc) is 1.64. The van der Waals surface area contributed by atoms with Crippen molar-refractivity contribution in [3.63, 3.8) is 0 Å². The third-order valence-electron chi connectivity index (χ3n) is 18.4. The van der Waals surface area contributed by atoms with Gasteiger partial charge in [-0.1, -0.05) is 120 Å². The lowest BCUT2D eigenvalue weighted by Crippen LogP contribution is -2.62. The molecule has 1 aliphatic heterocycles. The zero-order chi connectivity index (χ0) is 80.7. The summed E-state index contributed by atoms with van der Waals surface area (Å²) in [6.45, 7) is 11.3. The number of phenols is 1. The van der Waals surface area contributed by atoms with Gasteiger partial charge in [0, 0.05) is 74.9 Å². The Balaban J connectivity index is 1.19. The summed E-state index contributed by atoms with van der Waals surface area (Å²) in [4.78, 5) is 187. The molecule has 5 aromatic rings. The van der Waals surface area contributed by atoms with Crippen LogP contribution in [0.3, 0.4) is 0 Å². The van der Waals surface area contributed by atoms with E-state index in [0.717, 1.165) is 33.4 Å². The third-order valence-corrected chi connectivity index (χ3v) is 20.0. The van der Waals surface area contributed by atoms with Crippen molar-refractivity contribution in [3.8, 4) is 5.75 Å². The molecule has 17 N–H and O–H groups in total. The van der Waals surface area contributed by atoms with Crippen LogP contribution in [0.5, 0.6) is 5.75 Å². The van der Waals surface area contributed by atoms with Crippen LogP contribution in [0.2, 0.25) is 5.02 Å². The molecule has 35 heteroatoms. The largest absolute Gasteiger partial charge is 0.506 e. The lowest BCUT2D eigenvalue weighted by molar-refractivity contribution is -0.142. The Morgan fingerprint density at radius 2 is 1.10 bits per heavy atom. The van der Waals surface area contributed by atoms with E-state index in [1.807, 2.05) is 82.4 Å². The zero-order valence-corrected chi connectivity index (χ0v) is 66.0. The molecule has 1 saturated heterocycles. The van der Waals surface area contributed by atoms with E-state index in [2.05, 4.69) is 83.7 Å². The van der Waals surface area contributed by atoms with Gasteiger partial charge in [0.2, 0.25) is 65.0 Å². The van der Waals surface area contributed by atoms with Crippen molar-refractivity contribution in [2.45, 2.75) is 185 Å². The number of rotatable bonds is 45.